The maximum atomic E-state index is 13.3. The number of benzene rings is 2. The van der Waals surface area contributed by atoms with Crippen molar-refractivity contribution in [1.82, 2.24) is 15.1 Å². The standard InChI is InChI=1S/C30H44N4O4/c1-19(2)33(7)30(36)26(14-22-8-10-23(11-9-22)17-34(20(3)4)21(5)6)32-29(35)16-25(31)24-12-13-27-28(15-24)38-18-37-27/h8-13,15,19-21,25-26H,14,16-18,31H2,1-7H3,(H,32,35)/t25-,26-/m1/s1. The number of hydrogen-bond donors (Lipinski definition) is 2. The molecule has 2 atom stereocenters. The van der Waals surface area contributed by atoms with Crippen LogP contribution >= 0.6 is 0 Å². The van der Waals surface area contributed by atoms with Crippen LogP contribution in [0.1, 0.15) is 70.7 Å². The van der Waals surface area contributed by atoms with Gasteiger partial charge in [-0.15, -0.1) is 0 Å². The van der Waals surface area contributed by atoms with Crippen molar-refractivity contribution < 1.29 is 19.1 Å². The van der Waals surface area contributed by atoms with E-state index in [2.05, 4.69) is 50.0 Å². The quantitative estimate of drug-likeness (QED) is 0.435. The molecule has 0 radical (unpaired) electrons. The van der Waals surface area contributed by atoms with E-state index < -0.39 is 12.1 Å². The third-order valence-corrected chi connectivity index (χ3v) is 7.14. The van der Waals surface area contributed by atoms with Gasteiger partial charge in [-0.05, 0) is 70.4 Å². The normalized spacial score (nSPS) is 14.3. The highest BCUT2D eigenvalue weighted by atomic mass is 16.7. The number of amides is 2. The molecule has 1 aliphatic rings. The summed E-state index contributed by atoms with van der Waals surface area (Å²) in [7, 11) is 1.76. The highest BCUT2D eigenvalue weighted by molar-refractivity contribution is 5.88. The first-order chi connectivity index (χ1) is 18.0. The zero-order chi connectivity index (χ0) is 28.0. The summed E-state index contributed by atoms with van der Waals surface area (Å²) in [5.74, 6) is 0.893. The van der Waals surface area contributed by atoms with Crippen LogP contribution in [0.15, 0.2) is 42.5 Å². The van der Waals surface area contributed by atoms with Crippen molar-refractivity contribution in [2.24, 2.45) is 5.73 Å². The maximum absolute atomic E-state index is 13.3. The van der Waals surface area contributed by atoms with Crippen LogP contribution in [0.25, 0.3) is 0 Å². The van der Waals surface area contributed by atoms with Crippen molar-refractivity contribution in [2.45, 2.75) is 91.1 Å². The van der Waals surface area contributed by atoms with Gasteiger partial charge in [0.1, 0.15) is 6.04 Å². The zero-order valence-electron chi connectivity index (χ0n) is 23.9. The topological polar surface area (TPSA) is 97.1 Å². The minimum Gasteiger partial charge on any atom is -0.454 e. The van der Waals surface area contributed by atoms with Crippen LogP contribution < -0.4 is 20.5 Å². The van der Waals surface area contributed by atoms with Gasteiger partial charge in [-0.1, -0.05) is 30.3 Å². The Bertz CT molecular complexity index is 1080. The second-order valence-corrected chi connectivity index (χ2v) is 11.0. The molecule has 0 bridgehead atoms. The molecular formula is C30H44N4O4. The Kier molecular flexibility index (Phi) is 10.2. The van der Waals surface area contributed by atoms with E-state index >= 15 is 0 Å². The Labute approximate surface area is 227 Å². The first-order valence-corrected chi connectivity index (χ1v) is 13.5. The van der Waals surface area contributed by atoms with Crippen molar-refractivity contribution >= 4 is 11.8 Å². The lowest BCUT2D eigenvalue weighted by Crippen LogP contribution is -2.50. The van der Waals surface area contributed by atoms with E-state index in [-0.39, 0.29) is 31.1 Å². The smallest absolute Gasteiger partial charge is 0.245 e. The van der Waals surface area contributed by atoms with Gasteiger partial charge < -0.3 is 25.4 Å². The zero-order valence-corrected chi connectivity index (χ0v) is 23.9. The van der Waals surface area contributed by atoms with Crippen molar-refractivity contribution in [3.8, 4) is 11.5 Å². The number of fused-ring (bicyclic) bond motifs is 1. The van der Waals surface area contributed by atoms with Gasteiger partial charge in [-0.2, -0.15) is 0 Å². The molecule has 0 saturated heterocycles. The van der Waals surface area contributed by atoms with Crippen LogP contribution in [-0.2, 0) is 22.6 Å². The van der Waals surface area contributed by atoms with E-state index in [1.54, 1.807) is 24.1 Å². The third kappa shape index (κ3) is 7.71. The van der Waals surface area contributed by atoms with Crippen LogP contribution in [0, 0.1) is 0 Å². The SMILES string of the molecule is CC(C)N(C)C(=O)[C@@H](Cc1ccc(CN(C(C)C)C(C)C)cc1)NC(=O)C[C@@H](N)c1ccc2c(c1)OCO2. The minimum atomic E-state index is -0.687. The molecule has 0 unspecified atom stereocenters. The lowest BCUT2D eigenvalue weighted by Gasteiger charge is -2.30. The molecule has 2 aromatic rings. The van der Waals surface area contributed by atoms with Crippen LogP contribution in [0.5, 0.6) is 11.5 Å². The molecule has 38 heavy (non-hydrogen) atoms. The second kappa shape index (κ2) is 13.1. The summed E-state index contributed by atoms with van der Waals surface area (Å²) in [6.07, 6.45) is 0.452. The number of nitrogens with two attached hydrogens (primary N) is 1. The Morgan fingerprint density at radius 2 is 1.50 bits per heavy atom. The van der Waals surface area contributed by atoms with Crippen LogP contribution in [-0.4, -0.2) is 59.6 Å². The van der Waals surface area contributed by atoms with Gasteiger partial charge in [0.15, 0.2) is 11.5 Å². The van der Waals surface area contributed by atoms with Gasteiger partial charge in [0.2, 0.25) is 18.6 Å². The average Bonchev–Trinajstić information content (AvgIpc) is 3.34. The Morgan fingerprint density at radius 1 is 0.895 bits per heavy atom. The Hall–Kier alpha value is -3.10. The fraction of sp³-hybridized carbons (Fsp3) is 0.533. The molecule has 0 aliphatic carbocycles. The number of nitrogens with one attached hydrogen (secondary N) is 1. The highest BCUT2D eigenvalue weighted by Gasteiger charge is 2.27. The van der Waals surface area contributed by atoms with Gasteiger partial charge in [0, 0.05) is 50.6 Å². The summed E-state index contributed by atoms with van der Waals surface area (Å²) >= 11 is 0. The van der Waals surface area contributed by atoms with Crippen molar-refractivity contribution in [3.05, 3.63) is 59.2 Å². The number of carbonyl (C=O) groups is 2. The Balaban J connectivity index is 1.69. The molecule has 2 amide bonds. The Morgan fingerprint density at radius 3 is 2.11 bits per heavy atom. The van der Waals surface area contributed by atoms with Crippen LogP contribution in [0.4, 0.5) is 0 Å². The van der Waals surface area contributed by atoms with E-state index in [0.29, 0.717) is 30.0 Å². The summed E-state index contributed by atoms with van der Waals surface area (Å²) in [6, 6.07) is 13.4. The van der Waals surface area contributed by atoms with E-state index in [0.717, 1.165) is 17.7 Å². The van der Waals surface area contributed by atoms with E-state index in [1.807, 2.05) is 32.0 Å². The third-order valence-electron chi connectivity index (χ3n) is 7.14. The molecule has 0 spiro atoms. The number of carbonyl (C=O) groups excluding carboxylic acids is 2. The first-order valence-electron chi connectivity index (χ1n) is 13.5. The predicted octanol–water partition coefficient (Wildman–Crippen LogP) is 4.02. The summed E-state index contributed by atoms with van der Waals surface area (Å²) in [6.45, 7) is 13.8. The van der Waals surface area contributed by atoms with E-state index in [4.69, 9.17) is 15.2 Å². The molecule has 2 aromatic carbocycles. The van der Waals surface area contributed by atoms with E-state index in [1.165, 1.54) is 5.56 Å². The number of hydrogen-bond acceptors (Lipinski definition) is 6. The van der Waals surface area contributed by atoms with Crippen LogP contribution in [0.3, 0.4) is 0 Å². The van der Waals surface area contributed by atoms with E-state index in [9.17, 15) is 9.59 Å². The number of nitrogens with zero attached hydrogens (tertiary/aromatic N) is 2. The maximum Gasteiger partial charge on any atom is 0.245 e. The molecular weight excluding hydrogens is 480 g/mol. The summed E-state index contributed by atoms with van der Waals surface area (Å²) < 4.78 is 10.8. The molecule has 8 nitrogen and oxygen atoms in total. The molecule has 3 N–H and O–H groups in total. The fourth-order valence-corrected chi connectivity index (χ4v) is 4.60. The molecule has 1 heterocycles. The number of likely N-dealkylation sites (N-methyl/N-ethyl adjacent to an activating group) is 1. The van der Waals surface area contributed by atoms with Gasteiger partial charge in [-0.25, -0.2) is 0 Å². The highest BCUT2D eigenvalue weighted by Crippen LogP contribution is 2.34. The molecule has 1 aliphatic heterocycles. The molecule has 0 saturated carbocycles. The van der Waals surface area contributed by atoms with Gasteiger partial charge in [0.25, 0.3) is 0 Å². The number of rotatable bonds is 12. The summed E-state index contributed by atoms with van der Waals surface area (Å²) in [5, 5.41) is 2.96. The average molecular weight is 525 g/mol. The lowest BCUT2D eigenvalue weighted by atomic mass is 10.0. The second-order valence-electron chi connectivity index (χ2n) is 11.0. The first kappa shape index (κ1) is 29.5. The van der Waals surface area contributed by atoms with Gasteiger partial charge in [-0.3, -0.25) is 14.5 Å². The summed E-state index contributed by atoms with van der Waals surface area (Å²) in [5.41, 5.74) is 9.33. The summed E-state index contributed by atoms with van der Waals surface area (Å²) in [4.78, 5) is 30.5. The molecule has 0 aromatic heterocycles. The molecule has 8 heteroatoms. The number of ether oxygens (including phenoxy) is 2. The van der Waals surface area contributed by atoms with Gasteiger partial charge >= 0.3 is 0 Å². The van der Waals surface area contributed by atoms with Crippen molar-refractivity contribution in [1.29, 1.82) is 0 Å². The van der Waals surface area contributed by atoms with Crippen LogP contribution in [0.2, 0.25) is 0 Å². The van der Waals surface area contributed by atoms with Crippen molar-refractivity contribution in [2.75, 3.05) is 13.8 Å². The minimum absolute atomic E-state index is 0.0122. The lowest BCUT2D eigenvalue weighted by molar-refractivity contribution is -0.136. The molecule has 208 valence electrons. The van der Waals surface area contributed by atoms with Gasteiger partial charge in [0.05, 0.1) is 0 Å². The molecule has 3 rings (SSSR count). The predicted molar refractivity (Wildman–Crippen MR) is 150 cm³/mol. The monoisotopic (exact) mass is 524 g/mol. The largest absolute Gasteiger partial charge is 0.454 e. The van der Waals surface area contributed by atoms with Crippen molar-refractivity contribution in [3.63, 3.8) is 0 Å². The molecule has 0 fully saturated rings. The fourth-order valence-electron chi connectivity index (χ4n) is 4.60.